The van der Waals surface area contributed by atoms with Gasteiger partial charge in [0.1, 0.15) is 0 Å². The molecule has 0 amide bonds. The third-order valence-electron chi connectivity index (χ3n) is 1.59. The highest BCUT2D eigenvalue weighted by Gasteiger charge is 1.95. The van der Waals surface area contributed by atoms with E-state index in [-0.39, 0.29) is 0 Å². The summed E-state index contributed by atoms with van der Waals surface area (Å²) in [7, 11) is 0. The minimum Gasteiger partial charge on any atom is -0.411 e. The van der Waals surface area contributed by atoms with Crippen LogP contribution in [0.5, 0.6) is 0 Å². The SMILES string of the molecule is C/C(=N\O)c1cccc(C)c1.CC. The van der Waals surface area contributed by atoms with Gasteiger partial charge >= 0.3 is 0 Å². The molecule has 0 saturated heterocycles. The maximum atomic E-state index is 8.47. The molecule has 0 fully saturated rings. The fourth-order valence-electron chi connectivity index (χ4n) is 0.928. The van der Waals surface area contributed by atoms with Crippen molar-refractivity contribution in [2.75, 3.05) is 0 Å². The van der Waals surface area contributed by atoms with Crippen LogP contribution in [0.4, 0.5) is 0 Å². The quantitative estimate of drug-likeness (QED) is 0.400. The molecule has 1 aromatic carbocycles. The second kappa shape index (κ2) is 6.23. The zero-order valence-electron chi connectivity index (χ0n) is 8.70. The van der Waals surface area contributed by atoms with Crippen molar-refractivity contribution in [2.24, 2.45) is 5.16 Å². The summed E-state index contributed by atoms with van der Waals surface area (Å²) in [5.41, 5.74) is 2.78. The lowest BCUT2D eigenvalue weighted by atomic mass is 10.1. The van der Waals surface area contributed by atoms with E-state index in [4.69, 9.17) is 5.21 Å². The molecule has 0 aromatic heterocycles. The molecule has 0 saturated carbocycles. The van der Waals surface area contributed by atoms with Gasteiger partial charge < -0.3 is 5.21 Å². The molecule has 1 N–H and O–H groups in total. The first-order valence-electron chi connectivity index (χ1n) is 4.49. The van der Waals surface area contributed by atoms with Crippen molar-refractivity contribution in [3.05, 3.63) is 35.4 Å². The maximum Gasteiger partial charge on any atom is 0.0837 e. The van der Waals surface area contributed by atoms with Crippen LogP contribution in [0.2, 0.25) is 0 Å². The summed E-state index contributed by atoms with van der Waals surface area (Å²) < 4.78 is 0. The van der Waals surface area contributed by atoms with Gasteiger partial charge in [0.25, 0.3) is 0 Å². The van der Waals surface area contributed by atoms with Gasteiger partial charge in [-0.05, 0) is 19.4 Å². The Morgan fingerprint density at radius 3 is 2.38 bits per heavy atom. The highest BCUT2D eigenvalue weighted by molar-refractivity contribution is 5.98. The standard InChI is InChI=1S/C9H11NO.C2H6/c1-7-4-3-5-9(6-7)8(2)10-11;1-2/h3-6,11H,1-2H3;1-2H3/b10-8+;. The van der Waals surface area contributed by atoms with Gasteiger partial charge in [-0.1, -0.05) is 48.8 Å². The first-order valence-corrected chi connectivity index (χ1v) is 4.49. The summed E-state index contributed by atoms with van der Waals surface area (Å²) in [6, 6.07) is 7.85. The number of rotatable bonds is 1. The average Bonchev–Trinajstić information content (AvgIpc) is 2.20. The topological polar surface area (TPSA) is 32.6 Å². The van der Waals surface area contributed by atoms with Gasteiger partial charge in [0.05, 0.1) is 5.71 Å². The first kappa shape index (κ1) is 11.7. The van der Waals surface area contributed by atoms with Crippen molar-refractivity contribution in [2.45, 2.75) is 27.7 Å². The number of nitrogens with zero attached hydrogens (tertiary/aromatic N) is 1. The molecule has 0 radical (unpaired) electrons. The molecule has 0 aliphatic rings. The molecule has 2 nitrogen and oxygen atoms in total. The predicted octanol–water partition coefficient (Wildman–Crippen LogP) is 3.22. The molecule has 2 heteroatoms. The number of benzene rings is 1. The van der Waals surface area contributed by atoms with Crippen LogP contribution in [-0.2, 0) is 0 Å². The van der Waals surface area contributed by atoms with Gasteiger partial charge in [-0.3, -0.25) is 0 Å². The fourth-order valence-corrected chi connectivity index (χ4v) is 0.928. The Morgan fingerprint density at radius 2 is 1.92 bits per heavy atom. The van der Waals surface area contributed by atoms with Gasteiger partial charge in [0, 0.05) is 0 Å². The Kier molecular flexibility index (Phi) is 5.60. The van der Waals surface area contributed by atoms with Crippen molar-refractivity contribution >= 4 is 5.71 Å². The van der Waals surface area contributed by atoms with E-state index in [0.717, 1.165) is 5.56 Å². The van der Waals surface area contributed by atoms with E-state index in [1.807, 2.05) is 45.0 Å². The van der Waals surface area contributed by atoms with Crippen LogP contribution in [0.3, 0.4) is 0 Å². The largest absolute Gasteiger partial charge is 0.411 e. The Labute approximate surface area is 79.9 Å². The van der Waals surface area contributed by atoms with Crippen LogP contribution in [-0.4, -0.2) is 10.9 Å². The van der Waals surface area contributed by atoms with E-state index < -0.39 is 0 Å². The molecule has 1 aromatic rings. The summed E-state index contributed by atoms with van der Waals surface area (Å²) in [4.78, 5) is 0. The fraction of sp³-hybridized carbons (Fsp3) is 0.364. The van der Waals surface area contributed by atoms with Crippen molar-refractivity contribution in [3.8, 4) is 0 Å². The number of oxime groups is 1. The van der Waals surface area contributed by atoms with Gasteiger partial charge in [-0.15, -0.1) is 0 Å². The van der Waals surface area contributed by atoms with Crippen LogP contribution >= 0.6 is 0 Å². The molecule has 0 bridgehead atoms. The van der Waals surface area contributed by atoms with Crippen LogP contribution in [0.25, 0.3) is 0 Å². The summed E-state index contributed by atoms with van der Waals surface area (Å²) in [6.07, 6.45) is 0. The van der Waals surface area contributed by atoms with E-state index in [2.05, 4.69) is 5.16 Å². The third-order valence-corrected chi connectivity index (χ3v) is 1.59. The molecule has 0 heterocycles. The predicted molar refractivity (Wildman–Crippen MR) is 56.5 cm³/mol. The Hall–Kier alpha value is -1.31. The number of aryl methyl sites for hydroxylation is 1. The van der Waals surface area contributed by atoms with Gasteiger partial charge in [0.2, 0.25) is 0 Å². The molecule has 1 rings (SSSR count). The van der Waals surface area contributed by atoms with Gasteiger partial charge in [-0.2, -0.15) is 0 Å². The second-order valence-electron chi connectivity index (χ2n) is 2.55. The van der Waals surface area contributed by atoms with Crippen LogP contribution < -0.4 is 0 Å². The van der Waals surface area contributed by atoms with E-state index in [1.54, 1.807) is 6.92 Å². The van der Waals surface area contributed by atoms with Crippen LogP contribution in [0.15, 0.2) is 29.4 Å². The maximum absolute atomic E-state index is 8.47. The molecule has 0 spiro atoms. The van der Waals surface area contributed by atoms with E-state index in [0.29, 0.717) is 5.71 Å². The second-order valence-corrected chi connectivity index (χ2v) is 2.55. The average molecular weight is 179 g/mol. The molecular formula is C11H17NO. The van der Waals surface area contributed by atoms with Crippen molar-refractivity contribution in [1.82, 2.24) is 0 Å². The minimum atomic E-state index is 0.647. The minimum absolute atomic E-state index is 0.647. The molecule has 0 atom stereocenters. The first-order chi connectivity index (χ1) is 6.24. The van der Waals surface area contributed by atoms with Crippen LogP contribution in [0, 0.1) is 6.92 Å². The lowest BCUT2D eigenvalue weighted by Crippen LogP contribution is -1.93. The summed E-state index contributed by atoms with van der Waals surface area (Å²) in [6.45, 7) is 7.78. The highest BCUT2D eigenvalue weighted by Crippen LogP contribution is 2.04. The molecule has 72 valence electrons. The van der Waals surface area contributed by atoms with E-state index in [1.165, 1.54) is 5.56 Å². The summed E-state index contributed by atoms with van der Waals surface area (Å²) in [5.74, 6) is 0. The Bertz CT molecular complexity index is 279. The lowest BCUT2D eigenvalue weighted by Gasteiger charge is -1.98. The van der Waals surface area contributed by atoms with E-state index >= 15 is 0 Å². The van der Waals surface area contributed by atoms with Gasteiger partial charge in [0.15, 0.2) is 0 Å². The Morgan fingerprint density at radius 1 is 1.31 bits per heavy atom. The van der Waals surface area contributed by atoms with Crippen molar-refractivity contribution < 1.29 is 5.21 Å². The zero-order chi connectivity index (χ0) is 10.3. The number of hydrogen-bond donors (Lipinski definition) is 1. The zero-order valence-corrected chi connectivity index (χ0v) is 8.70. The van der Waals surface area contributed by atoms with E-state index in [9.17, 15) is 0 Å². The summed E-state index contributed by atoms with van der Waals surface area (Å²) in [5, 5.41) is 11.6. The summed E-state index contributed by atoms with van der Waals surface area (Å²) >= 11 is 0. The Balaban J connectivity index is 0.000000671. The molecule has 13 heavy (non-hydrogen) atoms. The lowest BCUT2D eigenvalue weighted by molar-refractivity contribution is 0.319. The van der Waals surface area contributed by atoms with Crippen LogP contribution in [0.1, 0.15) is 31.9 Å². The molecule has 0 aliphatic carbocycles. The van der Waals surface area contributed by atoms with Gasteiger partial charge in [-0.25, -0.2) is 0 Å². The van der Waals surface area contributed by atoms with Crippen molar-refractivity contribution in [1.29, 1.82) is 0 Å². The molecule has 0 unspecified atom stereocenters. The normalized spacial score (nSPS) is 10.3. The third kappa shape index (κ3) is 3.74. The molecular weight excluding hydrogens is 162 g/mol. The monoisotopic (exact) mass is 179 g/mol. The van der Waals surface area contributed by atoms with Crippen molar-refractivity contribution in [3.63, 3.8) is 0 Å². The highest BCUT2D eigenvalue weighted by atomic mass is 16.4. The smallest absolute Gasteiger partial charge is 0.0837 e. The molecule has 0 aliphatic heterocycles. The number of hydrogen-bond acceptors (Lipinski definition) is 2.